The number of halogens is 3. The normalized spacial score (nSPS) is 11.7. The zero-order valence-corrected chi connectivity index (χ0v) is 11.2. The van der Waals surface area contributed by atoms with Crippen molar-refractivity contribution in [3.05, 3.63) is 29.8 Å². The maximum atomic E-state index is 12.0. The predicted molar refractivity (Wildman–Crippen MR) is 69.2 cm³/mol. The molecule has 114 valence electrons. The van der Waals surface area contributed by atoms with Crippen LogP contribution < -0.4 is 5.46 Å². The molecule has 0 unspecified atom stereocenters. The lowest BCUT2D eigenvalue weighted by molar-refractivity contribution is -0.137. The third kappa shape index (κ3) is 6.90. The lowest BCUT2D eigenvalue weighted by Crippen LogP contribution is -2.29. The number of alkyl halides is 3. The van der Waals surface area contributed by atoms with Gasteiger partial charge in [0.05, 0.1) is 18.8 Å². The van der Waals surface area contributed by atoms with Crippen LogP contribution in [0.4, 0.5) is 13.2 Å². The molecule has 0 aromatic heterocycles. The fourth-order valence-corrected chi connectivity index (χ4v) is 0.894. The average Bonchev–Trinajstić information content (AvgIpc) is 2.38. The summed E-state index contributed by atoms with van der Waals surface area (Å²) in [5, 5.41) is 34.1. The van der Waals surface area contributed by atoms with Crippen LogP contribution in [-0.4, -0.2) is 40.6 Å². The van der Waals surface area contributed by atoms with Gasteiger partial charge in [-0.05, 0) is 5.46 Å². The molecule has 1 aromatic rings. The van der Waals surface area contributed by atoms with E-state index in [0.29, 0.717) is 0 Å². The second-order valence-electron chi connectivity index (χ2n) is 4.97. The molecular formula is C12H18BF3O4. The number of hydrogen-bond acceptors (Lipinski definition) is 4. The summed E-state index contributed by atoms with van der Waals surface area (Å²) >= 11 is 0. The Labute approximate surface area is 115 Å². The van der Waals surface area contributed by atoms with Crippen molar-refractivity contribution in [2.24, 2.45) is 5.41 Å². The summed E-state index contributed by atoms with van der Waals surface area (Å²) in [7, 11) is -1.73. The van der Waals surface area contributed by atoms with Crippen LogP contribution in [-0.2, 0) is 6.18 Å². The largest absolute Gasteiger partial charge is 0.488 e. The maximum absolute atomic E-state index is 12.0. The minimum atomic E-state index is -4.39. The molecule has 0 saturated carbocycles. The topological polar surface area (TPSA) is 80.9 Å². The molecule has 0 aliphatic carbocycles. The molecule has 8 heteroatoms. The van der Waals surface area contributed by atoms with E-state index in [-0.39, 0.29) is 24.1 Å². The first-order valence-corrected chi connectivity index (χ1v) is 5.78. The number of aliphatic hydroxyl groups is 2. The molecule has 0 atom stereocenters. The molecule has 4 nitrogen and oxygen atoms in total. The average molecular weight is 294 g/mol. The van der Waals surface area contributed by atoms with Crippen LogP contribution in [0.1, 0.15) is 19.4 Å². The zero-order valence-electron chi connectivity index (χ0n) is 11.2. The predicted octanol–water partition coefficient (Wildman–Crippen LogP) is 0.382. The first-order valence-electron chi connectivity index (χ1n) is 5.78. The Balaban J connectivity index is 0.000000441. The van der Waals surface area contributed by atoms with Crippen molar-refractivity contribution in [3.63, 3.8) is 0 Å². The van der Waals surface area contributed by atoms with Crippen LogP contribution in [0.3, 0.4) is 0 Å². The summed E-state index contributed by atoms with van der Waals surface area (Å²) in [5.41, 5.74) is -1.08. The van der Waals surface area contributed by atoms with E-state index in [1.54, 1.807) is 13.8 Å². The molecule has 0 radical (unpaired) electrons. The van der Waals surface area contributed by atoms with Gasteiger partial charge in [0.15, 0.2) is 0 Å². The summed E-state index contributed by atoms with van der Waals surface area (Å²) < 4.78 is 36.0. The van der Waals surface area contributed by atoms with Crippen LogP contribution >= 0.6 is 0 Å². The van der Waals surface area contributed by atoms with Crippen molar-refractivity contribution in [2.75, 3.05) is 13.2 Å². The van der Waals surface area contributed by atoms with E-state index in [1.807, 2.05) is 0 Å². The van der Waals surface area contributed by atoms with Gasteiger partial charge in [0.2, 0.25) is 0 Å². The van der Waals surface area contributed by atoms with Crippen molar-refractivity contribution in [1.29, 1.82) is 0 Å². The molecule has 1 rings (SSSR count). The Kier molecular flexibility index (Phi) is 7.22. The summed E-state index contributed by atoms with van der Waals surface area (Å²) in [4.78, 5) is 0. The fourth-order valence-electron chi connectivity index (χ4n) is 0.894. The first-order chi connectivity index (χ1) is 9.03. The summed E-state index contributed by atoms with van der Waals surface area (Å²) in [6.07, 6.45) is -4.39. The third-order valence-corrected chi connectivity index (χ3v) is 2.39. The van der Waals surface area contributed by atoms with Gasteiger partial charge in [-0.15, -0.1) is 0 Å². The Bertz CT molecular complexity index is 385. The van der Waals surface area contributed by atoms with Crippen molar-refractivity contribution < 1.29 is 33.4 Å². The summed E-state index contributed by atoms with van der Waals surface area (Å²) in [6.45, 7) is 3.69. The van der Waals surface area contributed by atoms with Gasteiger partial charge in [0.25, 0.3) is 0 Å². The molecule has 0 saturated heterocycles. The fraction of sp³-hybridized carbons (Fsp3) is 0.500. The van der Waals surface area contributed by atoms with Crippen molar-refractivity contribution in [2.45, 2.75) is 20.0 Å². The zero-order chi connectivity index (χ0) is 16.0. The second kappa shape index (κ2) is 7.63. The molecule has 20 heavy (non-hydrogen) atoms. The van der Waals surface area contributed by atoms with E-state index in [2.05, 4.69) is 0 Å². The highest BCUT2D eigenvalue weighted by Gasteiger charge is 2.30. The van der Waals surface area contributed by atoms with Crippen molar-refractivity contribution >= 4 is 12.6 Å². The lowest BCUT2D eigenvalue weighted by Gasteiger charge is -2.16. The quantitative estimate of drug-likeness (QED) is 0.608. The standard InChI is InChI=1S/C7H6BF3O2.C5H12O2/c9-7(10,11)5-1-3-6(4-2-5)8(12)13;1-5(2,3-6)4-7/h1-4,12-13H;6-7H,3-4H2,1-2H3. The third-order valence-electron chi connectivity index (χ3n) is 2.39. The minimum absolute atomic E-state index is 0.0352. The van der Waals surface area contributed by atoms with E-state index in [1.165, 1.54) is 0 Å². The van der Waals surface area contributed by atoms with Crippen LogP contribution in [0.5, 0.6) is 0 Å². The van der Waals surface area contributed by atoms with Crippen molar-refractivity contribution in [3.8, 4) is 0 Å². The van der Waals surface area contributed by atoms with E-state index in [0.717, 1.165) is 24.3 Å². The molecule has 4 N–H and O–H groups in total. The molecule has 0 amide bonds. The summed E-state index contributed by atoms with van der Waals surface area (Å²) in [5.74, 6) is 0. The first kappa shape index (κ1) is 18.9. The molecule has 0 aliphatic heterocycles. The number of hydrogen-bond donors (Lipinski definition) is 4. The van der Waals surface area contributed by atoms with Crippen LogP contribution in [0.15, 0.2) is 24.3 Å². The van der Waals surface area contributed by atoms with Crippen LogP contribution in [0.2, 0.25) is 0 Å². The van der Waals surface area contributed by atoms with E-state index < -0.39 is 18.9 Å². The Morgan fingerprint density at radius 3 is 1.55 bits per heavy atom. The van der Waals surface area contributed by atoms with Gasteiger partial charge in [0, 0.05) is 5.41 Å². The highest BCUT2D eigenvalue weighted by molar-refractivity contribution is 6.58. The van der Waals surface area contributed by atoms with E-state index >= 15 is 0 Å². The van der Waals surface area contributed by atoms with Gasteiger partial charge < -0.3 is 20.3 Å². The SMILES string of the molecule is CC(C)(CO)CO.OB(O)c1ccc(C(F)(F)F)cc1. The number of rotatable bonds is 3. The van der Waals surface area contributed by atoms with E-state index in [9.17, 15) is 13.2 Å². The highest BCUT2D eigenvalue weighted by atomic mass is 19.4. The highest BCUT2D eigenvalue weighted by Crippen LogP contribution is 2.28. The Morgan fingerprint density at radius 1 is 0.950 bits per heavy atom. The summed E-state index contributed by atoms with van der Waals surface area (Å²) in [6, 6.07) is 3.64. The molecular weight excluding hydrogens is 276 g/mol. The molecule has 0 bridgehead atoms. The van der Waals surface area contributed by atoms with Gasteiger partial charge in [-0.3, -0.25) is 0 Å². The minimum Gasteiger partial charge on any atom is -0.423 e. The molecule has 0 heterocycles. The molecule has 0 aliphatic rings. The maximum Gasteiger partial charge on any atom is 0.488 e. The van der Waals surface area contributed by atoms with Crippen LogP contribution in [0, 0.1) is 5.41 Å². The second-order valence-corrected chi connectivity index (χ2v) is 4.97. The number of benzene rings is 1. The van der Waals surface area contributed by atoms with Gasteiger partial charge in [-0.1, -0.05) is 38.1 Å². The van der Waals surface area contributed by atoms with Gasteiger partial charge in [0.1, 0.15) is 0 Å². The lowest BCUT2D eigenvalue weighted by atomic mass is 9.80. The van der Waals surface area contributed by atoms with Crippen molar-refractivity contribution in [1.82, 2.24) is 0 Å². The smallest absolute Gasteiger partial charge is 0.423 e. The van der Waals surface area contributed by atoms with Gasteiger partial charge in [-0.25, -0.2) is 0 Å². The Morgan fingerprint density at radius 2 is 1.35 bits per heavy atom. The number of aliphatic hydroxyl groups excluding tert-OH is 2. The van der Waals surface area contributed by atoms with Gasteiger partial charge in [-0.2, -0.15) is 13.2 Å². The molecule has 0 fully saturated rings. The van der Waals surface area contributed by atoms with Crippen LogP contribution in [0.25, 0.3) is 0 Å². The van der Waals surface area contributed by atoms with Gasteiger partial charge >= 0.3 is 13.3 Å². The molecule has 1 aromatic carbocycles. The monoisotopic (exact) mass is 294 g/mol. The molecule has 0 spiro atoms. The Hall–Kier alpha value is -1.09. The van der Waals surface area contributed by atoms with E-state index in [4.69, 9.17) is 20.3 Å².